The first-order chi connectivity index (χ1) is 9.25. The molecule has 1 aromatic rings. The summed E-state index contributed by atoms with van der Waals surface area (Å²) in [6.45, 7) is 1.75. The van der Waals surface area contributed by atoms with Crippen LogP contribution in [0.5, 0.6) is 0 Å². The molecule has 0 saturated carbocycles. The third-order valence-electron chi connectivity index (χ3n) is 3.34. The first kappa shape index (κ1) is 15.7. The van der Waals surface area contributed by atoms with Crippen molar-refractivity contribution in [3.63, 3.8) is 0 Å². The minimum atomic E-state index is -3.06. The molecule has 1 unspecified atom stereocenters. The molecule has 1 atom stereocenters. The summed E-state index contributed by atoms with van der Waals surface area (Å²) >= 11 is 7.56. The van der Waals surface area contributed by atoms with Gasteiger partial charge in [0.1, 0.15) is 0 Å². The van der Waals surface area contributed by atoms with Crippen molar-refractivity contribution in [3.05, 3.63) is 28.8 Å². The number of carbonyl (C=O) groups is 1. The van der Waals surface area contributed by atoms with Gasteiger partial charge in [0.25, 0.3) is 5.91 Å². The van der Waals surface area contributed by atoms with Crippen LogP contribution in [0.15, 0.2) is 23.1 Å². The molecule has 110 valence electrons. The summed E-state index contributed by atoms with van der Waals surface area (Å²) in [5.74, 6) is -0.237. The normalized spacial score (nSPS) is 24.6. The van der Waals surface area contributed by atoms with Crippen molar-refractivity contribution in [1.29, 1.82) is 0 Å². The molecule has 1 fully saturated rings. The van der Waals surface area contributed by atoms with E-state index in [2.05, 4.69) is 5.32 Å². The van der Waals surface area contributed by atoms with E-state index in [9.17, 15) is 13.2 Å². The van der Waals surface area contributed by atoms with E-state index in [0.29, 0.717) is 17.0 Å². The summed E-state index contributed by atoms with van der Waals surface area (Å²) in [5.41, 5.74) is -0.335. The Balaban J connectivity index is 2.21. The summed E-state index contributed by atoms with van der Waals surface area (Å²) in [7, 11) is -3.06. The van der Waals surface area contributed by atoms with Crippen molar-refractivity contribution in [1.82, 2.24) is 5.32 Å². The van der Waals surface area contributed by atoms with Gasteiger partial charge in [0.15, 0.2) is 9.84 Å². The Morgan fingerprint density at radius 3 is 2.70 bits per heavy atom. The minimum absolute atomic E-state index is 0.0222. The van der Waals surface area contributed by atoms with Crippen LogP contribution in [0.25, 0.3) is 0 Å². The molecule has 0 aliphatic carbocycles. The number of hydrogen-bond donors (Lipinski definition) is 1. The van der Waals surface area contributed by atoms with Gasteiger partial charge in [0.05, 0.1) is 27.6 Å². The lowest BCUT2D eigenvalue weighted by molar-refractivity contribution is 0.0915. The number of amides is 1. The minimum Gasteiger partial charge on any atom is -0.346 e. The summed E-state index contributed by atoms with van der Waals surface area (Å²) in [4.78, 5) is 13.2. The quantitative estimate of drug-likeness (QED) is 0.863. The highest BCUT2D eigenvalue weighted by Gasteiger charge is 2.39. The van der Waals surface area contributed by atoms with Crippen LogP contribution < -0.4 is 5.32 Å². The molecule has 1 saturated heterocycles. The smallest absolute Gasteiger partial charge is 0.253 e. The molecule has 1 aliphatic heterocycles. The molecule has 2 rings (SSSR count). The molecule has 1 aromatic carbocycles. The van der Waals surface area contributed by atoms with Gasteiger partial charge in [0, 0.05) is 4.90 Å². The number of hydrogen-bond acceptors (Lipinski definition) is 4. The summed E-state index contributed by atoms with van der Waals surface area (Å²) in [6, 6.07) is 5.23. The Kier molecular flexibility index (Phi) is 4.37. The highest BCUT2D eigenvalue weighted by Crippen LogP contribution is 2.26. The predicted octanol–water partition coefficient (Wildman–Crippen LogP) is 2.37. The molecule has 1 heterocycles. The molecule has 0 radical (unpaired) electrons. The largest absolute Gasteiger partial charge is 0.346 e. The number of rotatable bonds is 3. The van der Waals surface area contributed by atoms with Crippen LogP contribution in [0.3, 0.4) is 0 Å². The van der Waals surface area contributed by atoms with Gasteiger partial charge >= 0.3 is 0 Å². The molecule has 1 amide bonds. The van der Waals surface area contributed by atoms with Gasteiger partial charge in [-0.15, -0.1) is 11.8 Å². The van der Waals surface area contributed by atoms with Crippen LogP contribution in [0.2, 0.25) is 5.02 Å². The number of thioether (sulfide) groups is 1. The zero-order valence-electron chi connectivity index (χ0n) is 11.3. The van der Waals surface area contributed by atoms with Gasteiger partial charge in [-0.25, -0.2) is 8.42 Å². The van der Waals surface area contributed by atoms with Crippen molar-refractivity contribution >= 4 is 39.1 Å². The Morgan fingerprint density at radius 2 is 2.15 bits per heavy atom. The Labute approximate surface area is 128 Å². The highest BCUT2D eigenvalue weighted by atomic mass is 35.5. The fourth-order valence-corrected chi connectivity index (χ4v) is 4.99. The third kappa shape index (κ3) is 3.48. The van der Waals surface area contributed by atoms with E-state index in [-0.39, 0.29) is 17.4 Å². The van der Waals surface area contributed by atoms with E-state index >= 15 is 0 Å². The van der Waals surface area contributed by atoms with E-state index in [1.807, 2.05) is 12.3 Å². The maximum Gasteiger partial charge on any atom is 0.253 e. The molecule has 20 heavy (non-hydrogen) atoms. The molecular weight excluding hydrogens is 318 g/mol. The first-order valence-corrected chi connectivity index (χ1v) is 9.54. The maximum atomic E-state index is 12.3. The number of carbonyl (C=O) groups excluding carboxylic acids is 1. The van der Waals surface area contributed by atoms with Crippen LogP contribution in [0.1, 0.15) is 23.7 Å². The summed E-state index contributed by atoms with van der Waals surface area (Å²) in [5, 5.41) is 3.17. The second kappa shape index (κ2) is 5.58. The lowest BCUT2D eigenvalue weighted by Crippen LogP contribution is -2.47. The zero-order chi connectivity index (χ0) is 15.0. The highest BCUT2D eigenvalue weighted by molar-refractivity contribution is 7.98. The van der Waals surface area contributed by atoms with Crippen LogP contribution in [-0.4, -0.2) is 37.6 Å². The van der Waals surface area contributed by atoms with Crippen LogP contribution in [0.4, 0.5) is 0 Å². The average molecular weight is 334 g/mol. The molecule has 7 heteroatoms. The predicted molar refractivity (Wildman–Crippen MR) is 82.4 cm³/mol. The maximum absolute atomic E-state index is 12.3. The molecule has 4 nitrogen and oxygen atoms in total. The van der Waals surface area contributed by atoms with Gasteiger partial charge in [-0.3, -0.25) is 4.79 Å². The fourth-order valence-electron chi connectivity index (χ4n) is 2.26. The van der Waals surface area contributed by atoms with Crippen molar-refractivity contribution in [2.45, 2.75) is 23.8 Å². The second-order valence-corrected chi connectivity index (χ2v) is 8.67. The Bertz CT molecular complexity index is 645. The molecular formula is C13H16ClNO3S2. The summed E-state index contributed by atoms with van der Waals surface area (Å²) in [6.07, 6.45) is 2.34. The van der Waals surface area contributed by atoms with Gasteiger partial charge < -0.3 is 5.32 Å². The fraction of sp³-hybridized carbons (Fsp3) is 0.462. The van der Waals surface area contributed by atoms with Gasteiger partial charge in [0.2, 0.25) is 0 Å². The van der Waals surface area contributed by atoms with Crippen molar-refractivity contribution < 1.29 is 13.2 Å². The van der Waals surface area contributed by atoms with Gasteiger partial charge in [-0.2, -0.15) is 0 Å². The van der Waals surface area contributed by atoms with E-state index in [1.165, 1.54) is 11.8 Å². The van der Waals surface area contributed by atoms with Crippen molar-refractivity contribution in [2.24, 2.45) is 0 Å². The number of halogens is 1. The lowest BCUT2D eigenvalue weighted by Gasteiger charge is -2.24. The molecule has 1 N–H and O–H groups in total. The monoisotopic (exact) mass is 333 g/mol. The van der Waals surface area contributed by atoms with Crippen LogP contribution in [0, 0.1) is 0 Å². The molecule has 0 aromatic heterocycles. The Hall–Kier alpha value is -0.720. The average Bonchev–Trinajstić information content (AvgIpc) is 2.63. The molecule has 1 aliphatic rings. The SMILES string of the molecule is CSc1ccc(Cl)c(C(=O)NC2(C)CCS(=O)(=O)C2)c1. The topological polar surface area (TPSA) is 63.2 Å². The first-order valence-electron chi connectivity index (χ1n) is 6.11. The number of sulfone groups is 1. The molecule has 0 bridgehead atoms. The van der Waals surface area contributed by atoms with E-state index in [4.69, 9.17) is 11.6 Å². The van der Waals surface area contributed by atoms with Crippen molar-refractivity contribution in [3.8, 4) is 0 Å². The lowest BCUT2D eigenvalue weighted by atomic mass is 10.0. The third-order valence-corrected chi connectivity index (χ3v) is 6.29. The second-order valence-electron chi connectivity index (χ2n) is 5.20. The molecule has 0 spiro atoms. The van der Waals surface area contributed by atoms with Gasteiger partial charge in [-0.1, -0.05) is 11.6 Å². The summed E-state index contributed by atoms with van der Waals surface area (Å²) < 4.78 is 23.1. The van der Waals surface area contributed by atoms with Gasteiger partial charge in [-0.05, 0) is 37.8 Å². The van der Waals surface area contributed by atoms with E-state index in [0.717, 1.165) is 4.90 Å². The van der Waals surface area contributed by atoms with Crippen LogP contribution >= 0.6 is 23.4 Å². The zero-order valence-corrected chi connectivity index (χ0v) is 13.7. The Morgan fingerprint density at radius 1 is 1.45 bits per heavy atom. The van der Waals surface area contributed by atoms with E-state index in [1.54, 1.807) is 19.1 Å². The van der Waals surface area contributed by atoms with E-state index < -0.39 is 15.4 Å². The van der Waals surface area contributed by atoms with Crippen molar-refractivity contribution in [2.75, 3.05) is 17.8 Å². The number of nitrogens with one attached hydrogen (secondary N) is 1. The van der Waals surface area contributed by atoms with Crippen LogP contribution in [-0.2, 0) is 9.84 Å². The standard InChI is InChI=1S/C13H16ClNO3S2/c1-13(5-6-20(17,18)8-13)15-12(16)10-7-9(19-2)3-4-11(10)14/h3-4,7H,5-6,8H2,1-2H3,(H,15,16). The number of benzene rings is 1.